The summed E-state index contributed by atoms with van der Waals surface area (Å²) in [5, 5.41) is 20.5. The van der Waals surface area contributed by atoms with E-state index in [1.54, 1.807) is 11.3 Å². The molecule has 3 fully saturated rings. The molecule has 1 aliphatic heterocycles. The molecule has 2 atom stereocenters. The second-order valence-electron chi connectivity index (χ2n) is 6.88. The Bertz CT molecular complexity index is 557. The van der Waals surface area contributed by atoms with E-state index in [9.17, 15) is 9.90 Å². The van der Waals surface area contributed by atoms with E-state index in [-0.39, 0.29) is 0 Å². The van der Waals surface area contributed by atoms with Crippen molar-refractivity contribution in [3.63, 3.8) is 0 Å². The van der Waals surface area contributed by atoms with Gasteiger partial charge in [0.15, 0.2) is 0 Å². The molecular formula is C15H21N3O2S. The molecule has 5 nitrogen and oxygen atoms in total. The van der Waals surface area contributed by atoms with Crippen LogP contribution in [-0.4, -0.2) is 39.3 Å². The maximum absolute atomic E-state index is 11.7. The van der Waals surface area contributed by atoms with Crippen molar-refractivity contribution < 1.29 is 9.90 Å². The molecule has 0 spiro atoms. The van der Waals surface area contributed by atoms with Crippen LogP contribution in [0.1, 0.15) is 54.5 Å². The topological polar surface area (TPSA) is 66.3 Å². The van der Waals surface area contributed by atoms with E-state index in [2.05, 4.69) is 15.1 Å². The molecule has 1 aromatic rings. The number of aromatic nitrogens is 2. The smallest absolute Gasteiger partial charge is 0.311 e. The van der Waals surface area contributed by atoms with Crippen LogP contribution in [-0.2, 0) is 11.3 Å². The highest BCUT2D eigenvalue weighted by atomic mass is 32.1. The van der Waals surface area contributed by atoms with Crippen LogP contribution in [0.2, 0.25) is 0 Å². The molecular weight excluding hydrogens is 286 g/mol. The van der Waals surface area contributed by atoms with Gasteiger partial charge < -0.3 is 5.11 Å². The minimum atomic E-state index is -0.597. The summed E-state index contributed by atoms with van der Waals surface area (Å²) >= 11 is 1.73. The van der Waals surface area contributed by atoms with Gasteiger partial charge in [-0.05, 0) is 31.6 Å². The number of rotatable bonds is 4. The first-order chi connectivity index (χ1) is 10.2. The van der Waals surface area contributed by atoms with Gasteiger partial charge in [0.1, 0.15) is 10.0 Å². The first-order valence-corrected chi connectivity index (χ1v) is 8.77. The van der Waals surface area contributed by atoms with E-state index >= 15 is 0 Å². The Morgan fingerprint density at radius 3 is 2.86 bits per heavy atom. The molecule has 6 heteroatoms. The average Bonchev–Trinajstić information content (AvgIpc) is 3.01. The lowest BCUT2D eigenvalue weighted by molar-refractivity contribution is -0.149. The van der Waals surface area contributed by atoms with Gasteiger partial charge in [-0.15, -0.1) is 10.2 Å². The molecule has 2 aliphatic carbocycles. The predicted octanol–water partition coefficient (Wildman–Crippen LogP) is 2.49. The number of fused-ring (bicyclic) bond motifs is 1. The third-order valence-electron chi connectivity index (χ3n) is 5.66. The Hall–Kier alpha value is -1.01. The van der Waals surface area contributed by atoms with Gasteiger partial charge in [-0.25, -0.2) is 0 Å². The Balaban J connectivity index is 1.44. The van der Waals surface area contributed by atoms with E-state index in [4.69, 9.17) is 0 Å². The Morgan fingerprint density at radius 2 is 2.19 bits per heavy atom. The Kier molecular flexibility index (Phi) is 3.26. The molecule has 4 rings (SSSR count). The molecule has 0 amide bonds. The first-order valence-electron chi connectivity index (χ1n) is 7.95. The molecule has 0 unspecified atom stereocenters. The number of nitrogens with zero attached hydrogens (tertiary/aromatic N) is 3. The molecule has 2 heterocycles. The number of carboxylic acid groups (broad SMARTS) is 1. The Labute approximate surface area is 128 Å². The van der Waals surface area contributed by atoms with E-state index in [0.29, 0.717) is 18.4 Å². The van der Waals surface area contributed by atoms with E-state index in [0.717, 1.165) is 37.4 Å². The summed E-state index contributed by atoms with van der Waals surface area (Å²) in [6.07, 6.45) is 6.79. The number of aliphatic carboxylic acids is 1. The summed E-state index contributed by atoms with van der Waals surface area (Å²) in [7, 11) is 0. The van der Waals surface area contributed by atoms with Crippen molar-refractivity contribution in [3.05, 3.63) is 10.0 Å². The third-order valence-corrected chi connectivity index (χ3v) is 6.73. The highest BCUT2D eigenvalue weighted by Crippen LogP contribution is 2.49. The van der Waals surface area contributed by atoms with Crippen LogP contribution in [0.25, 0.3) is 0 Å². The van der Waals surface area contributed by atoms with Gasteiger partial charge in [-0.1, -0.05) is 24.2 Å². The average molecular weight is 307 g/mol. The molecule has 2 saturated carbocycles. The molecule has 1 saturated heterocycles. The summed E-state index contributed by atoms with van der Waals surface area (Å²) in [5.74, 6) is 0.369. The van der Waals surface area contributed by atoms with Gasteiger partial charge in [0.2, 0.25) is 0 Å². The van der Waals surface area contributed by atoms with Crippen LogP contribution in [0.15, 0.2) is 0 Å². The number of likely N-dealkylation sites (tertiary alicyclic amines) is 1. The molecule has 1 N–H and O–H groups in total. The van der Waals surface area contributed by atoms with Crippen molar-refractivity contribution in [1.29, 1.82) is 0 Å². The lowest BCUT2D eigenvalue weighted by Gasteiger charge is -2.23. The van der Waals surface area contributed by atoms with Crippen molar-refractivity contribution in [2.75, 3.05) is 13.1 Å². The quantitative estimate of drug-likeness (QED) is 0.925. The fraction of sp³-hybridized carbons (Fsp3) is 0.800. The third kappa shape index (κ3) is 2.19. The summed E-state index contributed by atoms with van der Waals surface area (Å²) in [4.78, 5) is 14.0. The summed E-state index contributed by atoms with van der Waals surface area (Å²) in [5.41, 5.74) is -0.485. The number of carboxylic acids is 1. The van der Waals surface area contributed by atoms with E-state index in [1.807, 2.05) is 0 Å². The van der Waals surface area contributed by atoms with Crippen molar-refractivity contribution in [2.24, 2.45) is 11.3 Å². The molecule has 0 aromatic carbocycles. The van der Waals surface area contributed by atoms with Gasteiger partial charge in [0.05, 0.1) is 12.0 Å². The normalized spacial score (nSPS) is 33.0. The zero-order valence-electron chi connectivity index (χ0n) is 12.1. The van der Waals surface area contributed by atoms with Crippen LogP contribution in [0.3, 0.4) is 0 Å². The molecule has 21 heavy (non-hydrogen) atoms. The van der Waals surface area contributed by atoms with Gasteiger partial charge >= 0.3 is 5.97 Å². The molecule has 0 radical (unpaired) electrons. The predicted molar refractivity (Wildman–Crippen MR) is 79.2 cm³/mol. The molecule has 114 valence electrons. The van der Waals surface area contributed by atoms with Crippen molar-refractivity contribution in [1.82, 2.24) is 15.1 Å². The van der Waals surface area contributed by atoms with E-state index in [1.165, 1.54) is 24.3 Å². The van der Waals surface area contributed by atoms with Crippen LogP contribution in [0, 0.1) is 11.3 Å². The highest BCUT2D eigenvalue weighted by Gasteiger charge is 2.54. The zero-order valence-corrected chi connectivity index (χ0v) is 12.9. The van der Waals surface area contributed by atoms with Crippen molar-refractivity contribution in [3.8, 4) is 0 Å². The zero-order chi connectivity index (χ0) is 14.4. The van der Waals surface area contributed by atoms with E-state index < -0.39 is 11.4 Å². The standard InChI is InChI=1S/C15H21N3O2S/c19-14(20)15-6-2-5-11(15)7-18(9-15)8-12-16-17-13(21-12)10-3-1-4-10/h10-11H,1-9H2,(H,19,20)/t11-,15-/m0/s1. The second kappa shape index (κ2) is 5.02. The molecule has 3 aliphatic rings. The van der Waals surface area contributed by atoms with Gasteiger partial charge in [0.25, 0.3) is 0 Å². The summed E-state index contributed by atoms with van der Waals surface area (Å²) < 4.78 is 0. The fourth-order valence-corrected chi connectivity index (χ4v) is 5.26. The Morgan fingerprint density at radius 1 is 1.33 bits per heavy atom. The van der Waals surface area contributed by atoms with Gasteiger partial charge in [0, 0.05) is 19.0 Å². The summed E-state index contributed by atoms with van der Waals surface area (Å²) in [6.45, 7) is 2.37. The molecule has 0 bridgehead atoms. The maximum atomic E-state index is 11.7. The number of hydrogen-bond donors (Lipinski definition) is 1. The minimum absolute atomic E-state index is 0.328. The fourth-order valence-electron chi connectivity index (χ4n) is 4.21. The van der Waals surface area contributed by atoms with Crippen LogP contribution in [0.5, 0.6) is 0 Å². The lowest BCUT2D eigenvalue weighted by atomic mass is 9.81. The van der Waals surface area contributed by atoms with Crippen LogP contribution >= 0.6 is 11.3 Å². The monoisotopic (exact) mass is 307 g/mol. The maximum Gasteiger partial charge on any atom is 0.311 e. The number of carbonyl (C=O) groups is 1. The first kappa shape index (κ1) is 13.6. The van der Waals surface area contributed by atoms with Gasteiger partial charge in [-0.2, -0.15) is 0 Å². The van der Waals surface area contributed by atoms with Crippen LogP contribution < -0.4 is 0 Å². The largest absolute Gasteiger partial charge is 0.481 e. The highest BCUT2D eigenvalue weighted by molar-refractivity contribution is 7.11. The molecule has 1 aromatic heterocycles. The van der Waals surface area contributed by atoms with Crippen molar-refractivity contribution in [2.45, 2.75) is 51.0 Å². The van der Waals surface area contributed by atoms with Crippen molar-refractivity contribution >= 4 is 17.3 Å². The minimum Gasteiger partial charge on any atom is -0.481 e. The van der Waals surface area contributed by atoms with Crippen LogP contribution in [0.4, 0.5) is 0 Å². The second-order valence-corrected chi connectivity index (χ2v) is 7.98. The summed E-state index contributed by atoms with van der Waals surface area (Å²) in [6, 6.07) is 0. The number of hydrogen-bond acceptors (Lipinski definition) is 5. The lowest BCUT2D eigenvalue weighted by Crippen LogP contribution is -2.35. The van der Waals surface area contributed by atoms with Gasteiger partial charge in [-0.3, -0.25) is 9.69 Å². The SMILES string of the molecule is O=C(O)[C@]12CCC[C@H]1CN(Cc1nnc(C3CCC3)s1)C2.